The minimum atomic E-state index is -0.452. The molecule has 0 unspecified atom stereocenters. The number of carbonyl (C=O) groups is 2. The second kappa shape index (κ2) is 12.0. The van der Waals surface area contributed by atoms with Gasteiger partial charge in [-0.3, -0.25) is 4.79 Å². The first-order valence-electron chi connectivity index (χ1n) is 11.7. The van der Waals surface area contributed by atoms with Crippen molar-refractivity contribution in [3.05, 3.63) is 108 Å². The van der Waals surface area contributed by atoms with Crippen molar-refractivity contribution in [2.24, 2.45) is 0 Å². The lowest BCUT2D eigenvalue weighted by atomic mass is 9.90. The molecule has 1 aliphatic heterocycles. The van der Waals surface area contributed by atoms with Crippen LogP contribution in [0.1, 0.15) is 29.0 Å². The molecule has 1 aliphatic rings. The van der Waals surface area contributed by atoms with Crippen molar-refractivity contribution in [2.75, 3.05) is 26.2 Å². The van der Waals surface area contributed by atoms with Crippen molar-refractivity contribution in [1.82, 2.24) is 15.5 Å². The largest absolute Gasteiger partial charge is 0.445 e. The van der Waals surface area contributed by atoms with Gasteiger partial charge < -0.3 is 20.3 Å². The standard InChI is InChI=1S/C28H31N3O3/c32-27-19-29-25(18-30-28(33)34-21-22-10-4-1-5-11-22)16-17-31(27)20-26(23-12-6-2-7-13-23)24-14-8-3-9-15-24/h1-15,25-26,29H,16-21H2,(H,30,33)/t25-/m0/s1. The molecule has 6 heteroatoms. The molecule has 3 aromatic rings. The van der Waals surface area contributed by atoms with Crippen LogP contribution in [0.3, 0.4) is 0 Å². The van der Waals surface area contributed by atoms with E-state index in [0.29, 0.717) is 19.6 Å². The average molecular weight is 458 g/mol. The maximum atomic E-state index is 12.9. The Balaban J connectivity index is 1.31. The van der Waals surface area contributed by atoms with E-state index in [1.54, 1.807) is 0 Å². The van der Waals surface area contributed by atoms with Gasteiger partial charge in [-0.2, -0.15) is 0 Å². The van der Waals surface area contributed by atoms with E-state index in [2.05, 4.69) is 34.9 Å². The lowest BCUT2D eigenvalue weighted by Crippen LogP contribution is -2.42. The number of nitrogens with zero attached hydrogens (tertiary/aromatic N) is 1. The highest BCUT2D eigenvalue weighted by molar-refractivity contribution is 5.78. The van der Waals surface area contributed by atoms with E-state index >= 15 is 0 Å². The molecule has 2 N–H and O–H groups in total. The summed E-state index contributed by atoms with van der Waals surface area (Å²) in [6.45, 7) is 2.15. The Bertz CT molecular complexity index is 1000. The maximum absolute atomic E-state index is 12.9. The van der Waals surface area contributed by atoms with Crippen LogP contribution in [0.5, 0.6) is 0 Å². The zero-order valence-electron chi connectivity index (χ0n) is 19.2. The molecule has 34 heavy (non-hydrogen) atoms. The molecule has 0 saturated carbocycles. The molecular weight excluding hydrogens is 426 g/mol. The molecule has 1 saturated heterocycles. The van der Waals surface area contributed by atoms with Gasteiger partial charge in [-0.05, 0) is 23.1 Å². The molecule has 0 aliphatic carbocycles. The zero-order chi connectivity index (χ0) is 23.6. The summed E-state index contributed by atoms with van der Waals surface area (Å²) in [6, 6.07) is 30.2. The van der Waals surface area contributed by atoms with Gasteiger partial charge in [0.15, 0.2) is 0 Å². The molecule has 6 nitrogen and oxygen atoms in total. The van der Waals surface area contributed by atoms with Crippen molar-refractivity contribution in [2.45, 2.75) is 25.0 Å². The third-order valence-electron chi connectivity index (χ3n) is 6.15. The van der Waals surface area contributed by atoms with Crippen LogP contribution in [0.25, 0.3) is 0 Å². The number of hydrogen-bond acceptors (Lipinski definition) is 4. The number of hydrogen-bond donors (Lipinski definition) is 2. The highest BCUT2D eigenvalue weighted by Gasteiger charge is 2.26. The van der Waals surface area contributed by atoms with E-state index < -0.39 is 6.09 Å². The van der Waals surface area contributed by atoms with Crippen molar-refractivity contribution < 1.29 is 14.3 Å². The number of amides is 2. The number of alkyl carbamates (subject to hydrolysis) is 1. The van der Waals surface area contributed by atoms with E-state index in [9.17, 15) is 9.59 Å². The van der Waals surface area contributed by atoms with Gasteiger partial charge in [-0.25, -0.2) is 4.79 Å². The summed E-state index contributed by atoms with van der Waals surface area (Å²) in [5.41, 5.74) is 3.33. The molecular formula is C28H31N3O3. The Labute approximate surface area is 200 Å². The Morgan fingerprint density at radius 2 is 1.53 bits per heavy atom. The lowest BCUT2D eigenvalue weighted by Gasteiger charge is -2.27. The van der Waals surface area contributed by atoms with Crippen molar-refractivity contribution in [3.8, 4) is 0 Å². The van der Waals surface area contributed by atoms with Gasteiger partial charge in [0.05, 0.1) is 6.54 Å². The monoisotopic (exact) mass is 457 g/mol. The van der Waals surface area contributed by atoms with Crippen LogP contribution < -0.4 is 10.6 Å². The first kappa shape index (κ1) is 23.5. The summed E-state index contributed by atoms with van der Waals surface area (Å²) in [5, 5.41) is 6.10. The Morgan fingerprint density at radius 3 is 2.15 bits per heavy atom. The van der Waals surface area contributed by atoms with E-state index in [-0.39, 0.29) is 31.0 Å². The number of ether oxygens (including phenoxy) is 1. The van der Waals surface area contributed by atoms with Crippen LogP contribution in [-0.2, 0) is 16.1 Å². The van der Waals surface area contributed by atoms with E-state index in [0.717, 1.165) is 12.0 Å². The van der Waals surface area contributed by atoms with Crippen LogP contribution in [0.2, 0.25) is 0 Å². The Hall–Kier alpha value is -3.64. The normalized spacial score (nSPS) is 16.2. The van der Waals surface area contributed by atoms with Gasteiger partial charge in [-0.15, -0.1) is 0 Å². The summed E-state index contributed by atoms with van der Waals surface area (Å²) < 4.78 is 5.29. The fraction of sp³-hybridized carbons (Fsp3) is 0.286. The minimum absolute atomic E-state index is 0.00475. The van der Waals surface area contributed by atoms with Crippen LogP contribution in [0.4, 0.5) is 4.79 Å². The Kier molecular flexibility index (Phi) is 8.30. The smallest absolute Gasteiger partial charge is 0.407 e. The minimum Gasteiger partial charge on any atom is -0.445 e. The molecule has 4 rings (SSSR count). The van der Waals surface area contributed by atoms with Crippen molar-refractivity contribution in [3.63, 3.8) is 0 Å². The van der Waals surface area contributed by atoms with Gasteiger partial charge >= 0.3 is 6.09 Å². The van der Waals surface area contributed by atoms with Gasteiger partial charge in [0.2, 0.25) is 5.91 Å². The molecule has 1 heterocycles. The fourth-order valence-corrected chi connectivity index (χ4v) is 4.22. The molecule has 1 atom stereocenters. The van der Waals surface area contributed by atoms with Crippen molar-refractivity contribution >= 4 is 12.0 Å². The summed E-state index contributed by atoms with van der Waals surface area (Å²) >= 11 is 0. The maximum Gasteiger partial charge on any atom is 0.407 e. The van der Waals surface area contributed by atoms with Crippen LogP contribution in [0, 0.1) is 0 Å². The summed E-state index contributed by atoms with van der Waals surface area (Å²) in [4.78, 5) is 26.9. The highest BCUT2D eigenvalue weighted by atomic mass is 16.5. The van der Waals surface area contributed by atoms with E-state index in [1.165, 1.54) is 11.1 Å². The van der Waals surface area contributed by atoms with Gasteiger partial charge in [0, 0.05) is 31.6 Å². The van der Waals surface area contributed by atoms with Crippen molar-refractivity contribution in [1.29, 1.82) is 0 Å². The first-order valence-corrected chi connectivity index (χ1v) is 11.7. The average Bonchev–Trinajstić information content (AvgIpc) is 3.07. The highest BCUT2D eigenvalue weighted by Crippen LogP contribution is 2.26. The summed E-state index contributed by atoms with van der Waals surface area (Å²) in [6.07, 6.45) is 0.298. The molecule has 176 valence electrons. The summed E-state index contributed by atoms with van der Waals surface area (Å²) in [5.74, 6) is 0.181. The van der Waals surface area contributed by atoms with Crippen LogP contribution >= 0.6 is 0 Å². The summed E-state index contributed by atoms with van der Waals surface area (Å²) in [7, 11) is 0. The molecule has 0 spiro atoms. The predicted molar refractivity (Wildman–Crippen MR) is 132 cm³/mol. The lowest BCUT2D eigenvalue weighted by molar-refractivity contribution is -0.129. The number of nitrogens with one attached hydrogen (secondary N) is 2. The van der Waals surface area contributed by atoms with E-state index in [1.807, 2.05) is 71.6 Å². The number of benzene rings is 3. The fourth-order valence-electron chi connectivity index (χ4n) is 4.22. The molecule has 2 amide bonds. The third kappa shape index (κ3) is 6.68. The molecule has 0 bridgehead atoms. The molecule has 1 fully saturated rings. The zero-order valence-corrected chi connectivity index (χ0v) is 19.2. The molecule has 3 aromatic carbocycles. The Morgan fingerprint density at radius 1 is 0.941 bits per heavy atom. The van der Waals surface area contributed by atoms with E-state index in [4.69, 9.17) is 4.74 Å². The number of carbonyl (C=O) groups excluding carboxylic acids is 2. The molecule has 0 aromatic heterocycles. The molecule has 0 radical (unpaired) electrons. The van der Waals surface area contributed by atoms with Gasteiger partial charge in [0.1, 0.15) is 6.61 Å². The quantitative estimate of drug-likeness (QED) is 0.538. The number of rotatable bonds is 8. The first-order chi connectivity index (χ1) is 16.7. The predicted octanol–water partition coefficient (Wildman–Crippen LogP) is 3.94. The SMILES string of the molecule is O=C(NC[C@@H]1CCN(CC(c2ccccc2)c2ccccc2)C(=O)CN1)OCc1ccccc1. The third-order valence-corrected chi connectivity index (χ3v) is 6.15. The second-order valence-electron chi connectivity index (χ2n) is 8.52. The van der Waals surface area contributed by atoms with Gasteiger partial charge in [0.25, 0.3) is 0 Å². The van der Waals surface area contributed by atoms with Crippen LogP contribution in [0.15, 0.2) is 91.0 Å². The second-order valence-corrected chi connectivity index (χ2v) is 8.52. The van der Waals surface area contributed by atoms with Crippen LogP contribution in [-0.4, -0.2) is 49.1 Å². The van der Waals surface area contributed by atoms with Gasteiger partial charge in [-0.1, -0.05) is 91.0 Å². The topological polar surface area (TPSA) is 70.7 Å².